The molecule has 0 spiro atoms. The summed E-state index contributed by atoms with van der Waals surface area (Å²) < 4.78 is 24.7. The van der Waals surface area contributed by atoms with Crippen LogP contribution in [0.2, 0.25) is 0 Å². The average molecular weight is 538 g/mol. The van der Waals surface area contributed by atoms with Crippen LogP contribution in [0.3, 0.4) is 0 Å². The third-order valence-electron chi connectivity index (χ3n) is 7.56. The lowest BCUT2D eigenvalue weighted by Gasteiger charge is -2.30. The number of ether oxygens (including phenoxy) is 4. The highest BCUT2D eigenvalue weighted by atomic mass is 16.7. The van der Waals surface area contributed by atoms with Gasteiger partial charge in [0.2, 0.25) is 0 Å². The fourth-order valence-electron chi connectivity index (χ4n) is 5.32. The smallest absolute Gasteiger partial charge is 0.412 e. The number of anilines is 1. The quantitative estimate of drug-likeness (QED) is 0.274. The molecule has 1 amide bonds. The molecule has 1 aromatic heterocycles. The largest absolute Gasteiger partial charge is 0.486 e. The second-order valence-electron chi connectivity index (χ2n) is 10.2. The number of amides is 1. The van der Waals surface area contributed by atoms with E-state index in [2.05, 4.69) is 16.0 Å². The lowest BCUT2D eigenvalue weighted by molar-refractivity contribution is -0.143. The Morgan fingerprint density at radius 3 is 2.48 bits per heavy atom. The predicted molar refractivity (Wildman–Crippen MR) is 151 cm³/mol. The Morgan fingerprint density at radius 1 is 1.05 bits per heavy atom. The zero-order valence-corrected chi connectivity index (χ0v) is 22.3. The normalized spacial score (nSPS) is 16.6. The van der Waals surface area contributed by atoms with Gasteiger partial charge in [-0.05, 0) is 61.6 Å². The van der Waals surface area contributed by atoms with Gasteiger partial charge in [0.1, 0.15) is 30.8 Å². The fraction of sp³-hybridized carbons (Fsp3) is 0.312. The maximum absolute atomic E-state index is 12.5. The molecule has 40 heavy (non-hydrogen) atoms. The number of rotatable bonds is 7. The van der Waals surface area contributed by atoms with Crippen molar-refractivity contribution in [3.63, 3.8) is 0 Å². The minimum atomic E-state index is -0.522. The van der Waals surface area contributed by atoms with Crippen LogP contribution in [0.4, 0.5) is 10.5 Å². The van der Waals surface area contributed by atoms with Crippen molar-refractivity contribution in [2.45, 2.75) is 44.4 Å². The molecule has 204 valence electrons. The minimum absolute atomic E-state index is 0.171. The van der Waals surface area contributed by atoms with Crippen molar-refractivity contribution in [3.8, 4) is 23.1 Å². The van der Waals surface area contributed by atoms with E-state index in [1.54, 1.807) is 0 Å². The van der Waals surface area contributed by atoms with Crippen molar-refractivity contribution in [2.24, 2.45) is 0 Å². The van der Waals surface area contributed by atoms with Crippen molar-refractivity contribution in [3.05, 3.63) is 83.9 Å². The van der Waals surface area contributed by atoms with Crippen molar-refractivity contribution in [2.75, 3.05) is 25.3 Å². The molecule has 3 aromatic carbocycles. The van der Waals surface area contributed by atoms with E-state index in [4.69, 9.17) is 18.9 Å². The fourth-order valence-corrected chi connectivity index (χ4v) is 5.32. The topological polar surface area (TPSA) is 94.7 Å². The number of hydrogen-bond acceptors (Lipinski definition) is 6. The van der Waals surface area contributed by atoms with E-state index in [1.807, 2.05) is 79.7 Å². The van der Waals surface area contributed by atoms with Gasteiger partial charge in [-0.1, -0.05) is 42.5 Å². The van der Waals surface area contributed by atoms with E-state index in [0.717, 1.165) is 52.7 Å². The summed E-state index contributed by atoms with van der Waals surface area (Å²) >= 11 is 0. The number of fused-ring (bicyclic) bond motifs is 1. The van der Waals surface area contributed by atoms with Crippen LogP contribution in [0, 0.1) is 11.3 Å². The lowest BCUT2D eigenvalue weighted by Crippen LogP contribution is -2.33. The molecular weight excluding hydrogens is 506 g/mol. The molecule has 1 aliphatic heterocycles. The van der Waals surface area contributed by atoms with Crippen LogP contribution in [-0.2, 0) is 14.2 Å². The molecular formula is C32H31N3O5. The Hall–Kier alpha value is -4.32. The van der Waals surface area contributed by atoms with Crippen LogP contribution < -0.4 is 10.1 Å². The molecule has 0 unspecified atom stereocenters. The molecule has 8 heteroatoms. The molecule has 2 fully saturated rings. The van der Waals surface area contributed by atoms with Crippen LogP contribution in [0.25, 0.3) is 22.2 Å². The molecule has 1 atom stereocenters. The summed E-state index contributed by atoms with van der Waals surface area (Å²) in [5.41, 5.74) is 4.95. The summed E-state index contributed by atoms with van der Waals surface area (Å²) in [5, 5.41) is 14.0. The number of benzene rings is 3. The maximum Gasteiger partial charge on any atom is 0.412 e. The van der Waals surface area contributed by atoms with E-state index in [-0.39, 0.29) is 12.2 Å². The Balaban J connectivity index is 1.27. The first-order valence-electron chi connectivity index (χ1n) is 13.6. The van der Waals surface area contributed by atoms with Gasteiger partial charge in [0.05, 0.1) is 30.0 Å². The first kappa shape index (κ1) is 25.9. The van der Waals surface area contributed by atoms with E-state index in [9.17, 15) is 10.1 Å². The van der Waals surface area contributed by atoms with Crippen LogP contribution in [0.15, 0.2) is 72.8 Å². The van der Waals surface area contributed by atoms with Crippen molar-refractivity contribution >= 4 is 22.7 Å². The molecule has 0 bridgehead atoms. The summed E-state index contributed by atoms with van der Waals surface area (Å²) in [5.74, 6) is 0.725. The van der Waals surface area contributed by atoms with E-state index < -0.39 is 6.09 Å². The molecule has 8 nitrogen and oxygen atoms in total. The van der Waals surface area contributed by atoms with Crippen molar-refractivity contribution < 1.29 is 23.7 Å². The molecule has 1 N–H and O–H groups in total. The molecule has 2 heterocycles. The average Bonchev–Trinajstić information content (AvgIpc) is 3.26. The summed E-state index contributed by atoms with van der Waals surface area (Å²) in [6.07, 6.45) is 2.21. The summed E-state index contributed by atoms with van der Waals surface area (Å²) in [4.78, 5) is 12.5. The van der Waals surface area contributed by atoms with Crippen LogP contribution in [0.5, 0.6) is 5.75 Å². The Labute approximate surface area is 233 Å². The number of hydrogen-bond donors (Lipinski definition) is 1. The van der Waals surface area contributed by atoms with Crippen molar-refractivity contribution in [1.82, 2.24) is 4.57 Å². The molecule has 1 saturated carbocycles. The molecule has 1 saturated heterocycles. The molecule has 1 aliphatic carbocycles. The first-order valence-corrected chi connectivity index (χ1v) is 13.6. The van der Waals surface area contributed by atoms with Gasteiger partial charge in [-0.3, -0.25) is 5.32 Å². The first-order chi connectivity index (χ1) is 19.6. The van der Waals surface area contributed by atoms with Crippen LogP contribution in [-0.4, -0.2) is 36.8 Å². The number of nitrogens with one attached hydrogen (secondary N) is 1. The number of nitrogens with zero attached hydrogens (tertiary/aromatic N) is 2. The maximum atomic E-state index is 12.5. The zero-order chi connectivity index (χ0) is 27.5. The number of carbonyl (C=O) groups excluding carboxylic acids is 1. The Kier molecular flexibility index (Phi) is 7.41. The van der Waals surface area contributed by atoms with Crippen molar-refractivity contribution in [1.29, 1.82) is 5.26 Å². The highest BCUT2D eigenvalue weighted by Gasteiger charge is 2.28. The number of nitriles is 1. The third-order valence-corrected chi connectivity index (χ3v) is 7.56. The molecule has 4 aromatic rings. The zero-order valence-electron chi connectivity index (χ0n) is 22.3. The highest BCUT2D eigenvalue weighted by molar-refractivity contribution is 5.96. The van der Waals surface area contributed by atoms with Gasteiger partial charge >= 0.3 is 6.09 Å². The highest BCUT2D eigenvalue weighted by Crippen LogP contribution is 2.43. The second kappa shape index (κ2) is 11.4. The van der Waals surface area contributed by atoms with Gasteiger partial charge in [0.15, 0.2) is 0 Å². The van der Waals surface area contributed by atoms with E-state index in [0.29, 0.717) is 37.3 Å². The van der Waals surface area contributed by atoms with Gasteiger partial charge in [0.25, 0.3) is 0 Å². The van der Waals surface area contributed by atoms with Crippen LogP contribution >= 0.6 is 0 Å². The standard InChI is InChI=1S/C32H31N3O5/c1-21(22-6-3-2-4-7-22)39-32(36)34-24-12-10-23(11-13-24)31-29(17-33)28-15-14-26(40-27-18-37-20-38-19-27)16-30(28)35(31)25-8-5-9-25/h2-4,6-7,10-16,21,25,27H,5,8-9,18-20H2,1H3,(H,34,36)/t21-/m1/s1. The summed E-state index contributed by atoms with van der Waals surface area (Å²) in [6.45, 7) is 3.10. The monoisotopic (exact) mass is 537 g/mol. The molecule has 0 radical (unpaired) electrons. The van der Waals surface area contributed by atoms with Gasteiger partial charge in [-0.25, -0.2) is 4.79 Å². The Morgan fingerprint density at radius 2 is 1.80 bits per heavy atom. The third kappa shape index (κ3) is 5.26. The van der Waals surface area contributed by atoms with Gasteiger partial charge in [-0.2, -0.15) is 5.26 Å². The van der Waals surface area contributed by atoms with Gasteiger partial charge in [0, 0.05) is 23.2 Å². The minimum Gasteiger partial charge on any atom is -0.486 e. The number of aromatic nitrogens is 1. The van der Waals surface area contributed by atoms with E-state index in [1.165, 1.54) is 0 Å². The molecule has 2 aliphatic rings. The second-order valence-corrected chi connectivity index (χ2v) is 10.2. The van der Waals surface area contributed by atoms with Gasteiger partial charge in [-0.15, -0.1) is 0 Å². The van der Waals surface area contributed by atoms with Crippen LogP contribution in [0.1, 0.15) is 49.5 Å². The van der Waals surface area contributed by atoms with E-state index >= 15 is 0 Å². The summed E-state index contributed by atoms with van der Waals surface area (Å²) in [6, 6.07) is 25.8. The molecule has 6 rings (SSSR count). The lowest BCUT2D eigenvalue weighted by atomic mass is 9.92. The number of carbonyl (C=O) groups is 1. The predicted octanol–water partition coefficient (Wildman–Crippen LogP) is 6.97. The Bertz CT molecular complexity index is 1530. The SMILES string of the molecule is C[C@@H](OC(=O)Nc1ccc(-c2c(C#N)c3ccc(OC4COCOC4)cc3n2C2CCC2)cc1)c1ccccc1. The summed E-state index contributed by atoms with van der Waals surface area (Å²) in [7, 11) is 0. The van der Waals surface area contributed by atoms with Gasteiger partial charge < -0.3 is 23.5 Å².